The summed E-state index contributed by atoms with van der Waals surface area (Å²) in [5, 5.41) is 55.0. The minimum atomic E-state index is -1.59. The molecule has 0 aromatic carbocycles. The lowest BCUT2D eigenvalue weighted by atomic mass is 9.82. The molecule has 0 aromatic heterocycles. The van der Waals surface area contributed by atoms with Gasteiger partial charge in [0.1, 0.15) is 35.8 Å². The first-order valence-electron chi connectivity index (χ1n) is 13.3. The van der Waals surface area contributed by atoms with Crippen molar-refractivity contribution in [1.29, 1.82) is 0 Å². The molecule has 0 aromatic rings. The minimum absolute atomic E-state index is 0.0835. The lowest BCUT2D eigenvalue weighted by Crippen LogP contribution is -2.72. The third-order valence-electron chi connectivity index (χ3n) is 7.90. The molecule has 224 valence electrons. The van der Waals surface area contributed by atoms with Crippen LogP contribution in [0.15, 0.2) is 11.8 Å². The Morgan fingerprint density at radius 2 is 1.82 bits per heavy atom. The fourth-order valence-corrected chi connectivity index (χ4v) is 5.52. The molecule has 15 heteroatoms. The van der Waals surface area contributed by atoms with Gasteiger partial charge in [0, 0.05) is 19.1 Å². The molecule has 12 N–H and O–H groups in total. The number of β-amino-alcohol motifs (C(OH)–C–C–N with tert-alkyl or cyclic N) is 1. The van der Waals surface area contributed by atoms with Crippen LogP contribution >= 0.6 is 0 Å². The summed E-state index contributed by atoms with van der Waals surface area (Å²) in [5.41, 5.74) is 9.68. The first-order chi connectivity index (χ1) is 18.4. The van der Waals surface area contributed by atoms with Crippen LogP contribution in [0.4, 0.5) is 0 Å². The van der Waals surface area contributed by atoms with Crippen molar-refractivity contribution in [3.63, 3.8) is 0 Å². The van der Waals surface area contributed by atoms with Crippen LogP contribution in [0.2, 0.25) is 0 Å². The van der Waals surface area contributed by atoms with Gasteiger partial charge in [-0.25, -0.2) is 0 Å². The van der Waals surface area contributed by atoms with E-state index in [0.717, 1.165) is 0 Å². The van der Waals surface area contributed by atoms with Gasteiger partial charge in [0.2, 0.25) is 6.29 Å². The van der Waals surface area contributed by atoms with Crippen molar-refractivity contribution >= 4 is 5.91 Å². The highest BCUT2D eigenvalue weighted by Gasteiger charge is 2.53. The van der Waals surface area contributed by atoms with Crippen LogP contribution in [0.1, 0.15) is 19.8 Å². The van der Waals surface area contributed by atoms with Crippen LogP contribution in [0, 0.1) is 0 Å². The highest BCUT2D eigenvalue weighted by Crippen LogP contribution is 2.32. The fraction of sp³-hybridized carbons (Fsp3) is 0.875. The molecule has 0 unspecified atom stereocenters. The smallest absolute Gasteiger partial charge is 0.254 e. The summed E-state index contributed by atoms with van der Waals surface area (Å²) in [5.74, 6) is 0.00601. The van der Waals surface area contributed by atoms with Gasteiger partial charge in [-0.1, -0.05) is 0 Å². The lowest BCUT2D eigenvalue weighted by Gasteiger charge is -2.49. The number of rotatable bonds is 9. The fourth-order valence-electron chi connectivity index (χ4n) is 5.52. The van der Waals surface area contributed by atoms with E-state index in [9.17, 15) is 25.2 Å². The van der Waals surface area contributed by atoms with Crippen LogP contribution in [-0.2, 0) is 23.7 Å². The predicted molar refractivity (Wildman–Crippen MR) is 137 cm³/mol. The number of nitrogens with two attached hydrogens (primary N) is 2. The van der Waals surface area contributed by atoms with E-state index in [1.54, 1.807) is 14.1 Å². The zero-order valence-electron chi connectivity index (χ0n) is 22.6. The van der Waals surface area contributed by atoms with Gasteiger partial charge in [-0.15, -0.1) is 0 Å². The Balaban J connectivity index is 1.53. The number of nitrogens with one attached hydrogen (secondary N) is 4. The number of likely N-dealkylation sites (N-methyl/N-ethyl adjacent to an activating group) is 2. The molecule has 2 saturated heterocycles. The number of hydrogen-bond acceptors (Lipinski definition) is 14. The molecule has 1 amide bonds. The number of aliphatic hydroxyl groups is 4. The number of ether oxygens (including phenoxy) is 4. The van der Waals surface area contributed by atoms with Crippen LogP contribution < -0.4 is 32.7 Å². The molecule has 11 atom stereocenters. The van der Waals surface area contributed by atoms with Crippen molar-refractivity contribution in [1.82, 2.24) is 21.3 Å². The molecule has 0 radical (unpaired) electrons. The van der Waals surface area contributed by atoms with Crippen LogP contribution in [0.3, 0.4) is 0 Å². The third-order valence-corrected chi connectivity index (χ3v) is 7.90. The number of aliphatic hydroxyl groups excluding tert-OH is 2. The number of amides is 1. The summed E-state index contributed by atoms with van der Waals surface area (Å²) in [6.45, 7) is 2.00. The maximum Gasteiger partial charge on any atom is 0.254 e. The summed E-state index contributed by atoms with van der Waals surface area (Å²) in [7, 11) is 3.37. The molecule has 3 aliphatic heterocycles. The summed E-state index contributed by atoms with van der Waals surface area (Å²) in [6.07, 6.45) is -4.58. The molecular formula is C24H44N6O9. The van der Waals surface area contributed by atoms with Crippen molar-refractivity contribution < 1.29 is 44.2 Å². The van der Waals surface area contributed by atoms with Crippen LogP contribution in [0.25, 0.3) is 0 Å². The van der Waals surface area contributed by atoms with E-state index >= 15 is 0 Å². The van der Waals surface area contributed by atoms with Gasteiger partial charge in [-0.2, -0.15) is 0 Å². The van der Waals surface area contributed by atoms with E-state index in [1.807, 2.05) is 6.08 Å². The number of carbonyl (C=O) groups is 1. The molecule has 39 heavy (non-hydrogen) atoms. The zero-order chi connectivity index (χ0) is 28.5. The maximum atomic E-state index is 12.9. The SMILES string of the molecule is CNCC1=CC[C@@H](N)[C@@H](O[C@H]2[C@H](O)[C@@H](O[C@H]3OC[C@](C)(O)[C@H](NC)[C@H]3O)[C@H](NC(=O)C3(O)CNC3)C[C@@H]2N)O1. The minimum Gasteiger partial charge on any atom is -0.467 e. The van der Waals surface area contributed by atoms with E-state index in [-0.39, 0.29) is 26.1 Å². The van der Waals surface area contributed by atoms with Crippen LogP contribution in [0.5, 0.6) is 0 Å². The van der Waals surface area contributed by atoms with Crippen molar-refractivity contribution in [2.45, 2.75) is 92.1 Å². The Kier molecular flexibility index (Phi) is 9.52. The molecule has 15 nitrogen and oxygen atoms in total. The number of hydrogen-bond donors (Lipinski definition) is 10. The molecule has 4 rings (SSSR count). The molecule has 0 bridgehead atoms. The normalized spacial score (nSPS) is 44.1. The first-order valence-corrected chi connectivity index (χ1v) is 13.3. The van der Waals surface area contributed by atoms with E-state index in [2.05, 4.69) is 21.3 Å². The lowest BCUT2D eigenvalue weighted by molar-refractivity contribution is -0.304. The zero-order valence-corrected chi connectivity index (χ0v) is 22.6. The molecular weight excluding hydrogens is 516 g/mol. The second-order valence-corrected chi connectivity index (χ2v) is 11.2. The monoisotopic (exact) mass is 560 g/mol. The summed E-state index contributed by atoms with van der Waals surface area (Å²) < 4.78 is 23.7. The Labute approximate surface area is 227 Å². The highest BCUT2D eigenvalue weighted by atomic mass is 16.7. The Morgan fingerprint density at radius 1 is 1.13 bits per heavy atom. The Bertz CT molecular complexity index is 890. The quantitative estimate of drug-likeness (QED) is 0.127. The van der Waals surface area contributed by atoms with E-state index < -0.39 is 78.3 Å². The van der Waals surface area contributed by atoms with Gasteiger partial charge in [0.25, 0.3) is 5.91 Å². The molecule has 3 heterocycles. The van der Waals surface area contributed by atoms with E-state index in [1.165, 1.54) is 6.92 Å². The second-order valence-electron chi connectivity index (χ2n) is 11.2. The first kappa shape index (κ1) is 30.5. The van der Waals surface area contributed by atoms with Crippen LogP contribution in [-0.4, -0.2) is 139 Å². The van der Waals surface area contributed by atoms with E-state index in [4.69, 9.17) is 30.4 Å². The molecule has 4 aliphatic rings. The van der Waals surface area contributed by atoms with Gasteiger partial charge in [0.05, 0.1) is 31.3 Å². The standard InChI is InChI=1S/C24H44N6O9/c1-23(34)10-36-21(16(32)19(23)28-3)39-18-14(30-22(33)24(35)8-29-9-24)6-13(26)17(15(18)31)38-20-12(25)5-4-11(37-20)7-27-2/h4,12-21,27-29,31-32,34-35H,5-10,25-26H2,1-3H3,(H,30,33)/t12-,13+,14-,15+,16-,17-,18+,19-,20-,21-,23+/m1/s1. The average Bonchev–Trinajstić information content (AvgIpc) is 2.85. The summed E-state index contributed by atoms with van der Waals surface area (Å²) in [4.78, 5) is 12.9. The van der Waals surface area contributed by atoms with Crippen molar-refractivity contribution in [3.8, 4) is 0 Å². The van der Waals surface area contributed by atoms with Gasteiger partial charge >= 0.3 is 0 Å². The van der Waals surface area contributed by atoms with Crippen molar-refractivity contribution in [2.75, 3.05) is 40.3 Å². The number of carbonyl (C=O) groups excluding carboxylic acids is 1. The van der Waals surface area contributed by atoms with E-state index in [0.29, 0.717) is 18.7 Å². The third kappa shape index (κ3) is 6.39. The highest BCUT2D eigenvalue weighted by molar-refractivity contribution is 5.87. The molecule has 3 fully saturated rings. The van der Waals surface area contributed by atoms with Gasteiger partial charge in [0.15, 0.2) is 11.9 Å². The van der Waals surface area contributed by atoms with Gasteiger partial charge < -0.3 is 72.1 Å². The molecule has 1 saturated carbocycles. The van der Waals surface area contributed by atoms with Crippen molar-refractivity contribution in [3.05, 3.63) is 11.8 Å². The maximum absolute atomic E-state index is 12.9. The Morgan fingerprint density at radius 3 is 2.44 bits per heavy atom. The Hall–Kier alpha value is -1.47. The predicted octanol–water partition coefficient (Wildman–Crippen LogP) is -5.10. The topological polar surface area (TPSA) is 235 Å². The summed E-state index contributed by atoms with van der Waals surface area (Å²) in [6, 6.07) is -2.94. The van der Waals surface area contributed by atoms with Gasteiger partial charge in [-0.3, -0.25) is 4.79 Å². The van der Waals surface area contributed by atoms with Gasteiger partial charge in [-0.05, 0) is 39.9 Å². The molecule has 0 spiro atoms. The summed E-state index contributed by atoms with van der Waals surface area (Å²) >= 11 is 0. The van der Waals surface area contributed by atoms with Crippen molar-refractivity contribution in [2.24, 2.45) is 11.5 Å². The second kappa shape index (κ2) is 12.2. The molecule has 1 aliphatic carbocycles. The largest absolute Gasteiger partial charge is 0.467 e. The average molecular weight is 561 g/mol.